The van der Waals surface area contributed by atoms with Crippen LogP contribution < -0.4 is 5.32 Å². The van der Waals surface area contributed by atoms with Crippen molar-refractivity contribution < 1.29 is 0 Å². The molecule has 0 bridgehead atoms. The van der Waals surface area contributed by atoms with E-state index in [1.54, 1.807) is 0 Å². The smallest absolute Gasteiger partial charge is 0.0264 e. The molecule has 92 valence electrons. The Bertz CT molecular complexity index is 388. The average molecular weight is 230 g/mol. The fraction of sp³-hybridized carbons (Fsp3) is 0.600. The molecule has 2 fully saturated rings. The van der Waals surface area contributed by atoms with E-state index in [0.29, 0.717) is 0 Å². The summed E-state index contributed by atoms with van der Waals surface area (Å²) in [6.07, 6.45) is 2.79. The van der Waals surface area contributed by atoms with Gasteiger partial charge in [-0.15, -0.1) is 0 Å². The topological polar surface area (TPSA) is 15.3 Å². The van der Waals surface area contributed by atoms with Gasteiger partial charge in [0.1, 0.15) is 0 Å². The highest BCUT2D eigenvalue weighted by Crippen LogP contribution is 2.27. The summed E-state index contributed by atoms with van der Waals surface area (Å²) < 4.78 is 0. The van der Waals surface area contributed by atoms with Gasteiger partial charge < -0.3 is 5.32 Å². The normalized spacial score (nSPS) is 29.2. The highest BCUT2D eigenvalue weighted by molar-refractivity contribution is 5.22. The highest BCUT2D eigenvalue weighted by Gasteiger charge is 2.34. The summed E-state index contributed by atoms with van der Waals surface area (Å²) in [5.74, 6) is 0.897. The van der Waals surface area contributed by atoms with Crippen LogP contribution in [-0.2, 0) is 6.54 Å². The van der Waals surface area contributed by atoms with Crippen LogP contribution in [0.5, 0.6) is 0 Å². The summed E-state index contributed by atoms with van der Waals surface area (Å²) in [7, 11) is 0. The van der Waals surface area contributed by atoms with Crippen molar-refractivity contribution in [3.8, 4) is 0 Å². The third-order valence-electron chi connectivity index (χ3n) is 4.26. The summed E-state index contributed by atoms with van der Waals surface area (Å²) >= 11 is 0. The molecule has 2 unspecified atom stereocenters. The molecule has 0 aromatic heterocycles. The van der Waals surface area contributed by atoms with Crippen molar-refractivity contribution in [2.75, 3.05) is 19.6 Å². The lowest BCUT2D eigenvalue weighted by atomic mass is 9.91. The molecule has 1 aromatic rings. The van der Waals surface area contributed by atoms with Crippen molar-refractivity contribution in [2.45, 2.75) is 32.4 Å². The summed E-state index contributed by atoms with van der Waals surface area (Å²) in [5.41, 5.74) is 2.85. The number of piperidine rings is 1. The fourth-order valence-electron chi connectivity index (χ4n) is 3.40. The van der Waals surface area contributed by atoms with Crippen molar-refractivity contribution in [2.24, 2.45) is 5.92 Å². The Morgan fingerprint density at radius 2 is 2.29 bits per heavy atom. The molecule has 0 radical (unpaired) electrons. The number of hydrogen-bond acceptors (Lipinski definition) is 2. The molecule has 0 spiro atoms. The fourth-order valence-corrected chi connectivity index (χ4v) is 3.40. The summed E-state index contributed by atoms with van der Waals surface area (Å²) in [6, 6.07) is 9.73. The predicted octanol–water partition coefficient (Wildman–Crippen LogP) is 2.18. The van der Waals surface area contributed by atoms with E-state index in [2.05, 4.69) is 41.4 Å². The Kier molecular flexibility index (Phi) is 3.17. The minimum Gasteiger partial charge on any atom is -0.315 e. The lowest BCUT2D eigenvalue weighted by Gasteiger charge is -2.37. The van der Waals surface area contributed by atoms with Crippen molar-refractivity contribution >= 4 is 0 Å². The molecule has 1 N–H and O–H groups in total. The van der Waals surface area contributed by atoms with Gasteiger partial charge in [0.15, 0.2) is 0 Å². The van der Waals surface area contributed by atoms with Crippen LogP contribution in [0.15, 0.2) is 24.3 Å². The van der Waals surface area contributed by atoms with Gasteiger partial charge in [-0.1, -0.05) is 29.8 Å². The SMILES string of the molecule is Cc1cccc(CN2CCCC3CNCC32)c1. The molecule has 2 heterocycles. The quantitative estimate of drug-likeness (QED) is 0.837. The van der Waals surface area contributed by atoms with E-state index >= 15 is 0 Å². The van der Waals surface area contributed by atoms with Gasteiger partial charge in [0.2, 0.25) is 0 Å². The van der Waals surface area contributed by atoms with Crippen molar-refractivity contribution in [1.29, 1.82) is 0 Å². The Labute approximate surface area is 104 Å². The second-order valence-corrected chi connectivity index (χ2v) is 5.59. The first-order valence-electron chi connectivity index (χ1n) is 6.83. The lowest BCUT2D eigenvalue weighted by Crippen LogP contribution is -2.44. The Balaban J connectivity index is 1.71. The maximum absolute atomic E-state index is 3.55. The summed E-state index contributed by atoms with van der Waals surface area (Å²) in [6.45, 7) is 7.01. The maximum atomic E-state index is 3.55. The number of fused-ring (bicyclic) bond motifs is 1. The minimum atomic E-state index is 0.782. The van der Waals surface area contributed by atoms with Crippen LogP contribution in [-0.4, -0.2) is 30.6 Å². The van der Waals surface area contributed by atoms with Crippen LogP contribution in [0.2, 0.25) is 0 Å². The van der Waals surface area contributed by atoms with Crippen LogP contribution in [0.3, 0.4) is 0 Å². The largest absolute Gasteiger partial charge is 0.315 e. The summed E-state index contributed by atoms with van der Waals surface area (Å²) in [5, 5.41) is 3.55. The summed E-state index contributed by atoms with van der Waals surface area (Å²) in [4.78, 5) is 2.68. The van der Waals surface area contributed by atoms with E-state index in [0.717, 1.165) is 18.5 Å². The molecule has 0 saturated carbocycles. The van der Waals surface area contributed by atoms with Gasteiger partial charge in [-0.05, 0) is 44.3 Å². The van der Waals surface area contributed by atoms with Gasteiger partial charge in [-0.2, -0.15) is 0 Å². The second-order valence-electron chi connectivity index (χ2n) is 5.59. The number of benzene rings is 1. The molecule has 2 atom stereocenters. The van der Waals surface area contributed by atoms with E-state index in [1.807, 2.05) is 0 Å². The molecule has 1 aromatic carbocycles. The average Bonchev–Trinajstić information content (AvgIpc) is 2.78. The molecule has 2 aliphatic heterocycles. The molecular formula is C15H22N2. The second kappa shape index (κ2) is 4.79. The van der Waals surface area contributed by atoms with Gasteiger partial charge in [0.25, 0.3) is 0 Å². The van der Waals surface area contributed by atoms with Crippen LogP contribution in [0, 0.1) is 12.8 Å². The van der Waals surface area contributed by atoms with E-state index in [1.165, 1.54) is 43.6 Å². The van der Waals surface area contributed by atoms with Crippen LogP contribution in [0.1, 0.15) is 24.0 Å². The molecule has 2 saturated heterocycles. The zero-order chi connectivity index (χ0) is 11.7. The zero-order valence-corrected chi connectivity index (χ0v) is 10.7. The van der Waals surface area contributed by atoms with E-state index in [4.69, 9.17) is 0 Å². The predicted molar refractivity (Wildman–Crippen MR) is 71.0 cm³/mol. The third-order valence-corrected chi connectivity index (χ3v) is 4.26. The highest BCUT2D eigenvalue weighted by atomic mass is 15.2. The third kappa shape index (κ3) is 2.38. The van der Waals surface area contributed by atoms with Crippen LogP contribution >= 0.6 is 0 Å². The molecular weight excluding hydrogens is 208 g/mol. The molecule has 3 rings (SSSR count). The maximum Gasteiger partial charge on any atom is 0.0264 e. The van der Waals surface area contributed by atoms with Crippen LogP contribution in [0.25, 0.3) is 0 Å². The first-order chi connectivity index (χ1) is 8.33. The molecule has 0 amide bonds. The Morgan fingerprint density at radius 3 is 3.18 bits per heavy atom. The molecule has 2 aliphatic rings. The van der Waals surface area contributed by atoms with Gasteiger partial charge in [-0.25, -0.2) is 0 Å². The van der Waals surface area contributed by atoms with Gasteiger partial charge in [0, 0.05) is 19.1 Å². The van der Waals surface area contributed by atoms with E-state index in [9.17, 15) is 0 Å². The zero-order valence-electron chi connectivity index (χ0n) is 10.7. The Hall–Kier alpha value is -0.860. The number of hydrogen-bond donors (Lipinski definition) is 1. The van der Waals surface area contributed by atoms with Crippen molar-refractivity contribution in [3.05, 3.63) is 35.4 Å². The molecule has 2 nitrogen and oxygen atoms in total. The Morgan fingerprint density at radius 1 is 1.35 bits per heavy atom. The van der Waals surface area contributed by atoms with E-state index in [-0.39, 0.29) is 0 Å². The molecule has 2 heteroatoms. The first kappa shape index (κ1) is 11.2. The molecule has 17 heavy (non-hydrogen) atoms. The van der Waals surface area contributed by atoms with Crippen LogP contribution in [0.4, 0.5) is 0 Å². The number of nitrogens with one attached hydrogen (secondary N) is 1. The number of likely N-dealkylation sites (tertiary alicyclic amines) is 1. The molecule has 0 aliphatic carbocycles. The monoisotopic (exact) mass is 230 g/mol. The number of rotatable bonds is 2. The van der Waals surface area contributed by atoms with E-state index < -0.39 is 0 Å². The van der Waals surface area contributed by atoms with Gasteiger partial charge in [-0.3, -0.25) is 4.90 Å². The van der Waals surface area contributed by atoms with Gasteiger partial charge >= 0.3 is 0 Å². The number of aryl methyl sites for hydroxylation is 1. The van der Waals surface area contributed by atoms with Crippen molar-refractivity contribution in [3.63, 3.8) is 0 Å². The minimum absolute atomic E-state index is 0.782. The number of nitrogens with zero attached hydrogens (tertiary/aromatic N) is 1. The van der Waals surface area contributed by atoms with Gasteiger partial charge in [0.05, 0.1) is 0 Å². The standard InChI is InChI=1S/C15H22N2/c1-12-4-2-5-13(8-12)11-17-7-3-6-14-9-16-10-15(14)17/h2,4-5,8,14-16H,3,6-7,9-11H2,1H3. The first-order valence-corrected chi connectivity index (χ1v) is 6.83. The van der Waals surface area contributed by atoms with Crippen molar-refractivity contribution in [1.82, 2.24) is 10.2 Å². The lowest BCUT2D eigenvalue weighted by molar-refractivity contribution is 0.117.